The second-order valence-corrected chi connectivity index (χ2v) is 9.05. The number of rotatable bonds is 12. The van der Waals surface area contributed by atoms with Crippen LogP contribution in [0.4, 0.5) is 0 Å². The first-order chi connectivity index (χ1) is 16.9. The van der Waals surface area contributed by atoms with Gasteiger partial charge in [0, 0.05) is 6.54 Å². The smallest absolute Gasteiger partial charge is 0.261 e. The van der Waals surface area contributed by atoms with Crippen LogP contribution < -0.4 is 15.4 Å². The largest absolute Gasteiger partial charge is 0.481 e. The lowest BCUT2D eigenvalue weighted by atomic mass is 10.1. The van der Waals surface area contributed by atoms with E-state index in [2.05, 4.69) is 27.8 Å². The van der Waals surface area contributed by atoms with Crippen molar-refractivity contribution >= 4 is 23.6 Å². The van der Waals surface area contributed by atoms with Crippen LogP contribution in [0.1, 0.15) is 50.7 Å². The molecule has 1 heterocycles. The van der Waals surface area contributed by atoms with Crippen molar-refractivity contribution in [3.8, 4) is 5.75 Å². The number of benzene rings is 2. The fourth-order valence-corrected chi connectivity index (χ4v) is 4.32. The highest BCUT2D eigenvalue weighted by Gasteiger charge is 2.18. The molecule has 0 saturated heterocycles. The Morgan fingerprint density at radius 1 is 1.03 bits per heavy atom. The maximum Gasteiger partial charge on any atom is 0.261 e. The zero-order valence-corrected chi connectivity index (χ0v) is 21.5. The molecule has 2 N–H and O–H groups in total. The molecule has 186 valence electrons. The van der Waals surface area contributed by atoms with Gasteiger partial charge in [-0.25, -0.2) is 0 Å². The third-order valence-electron chi connectivity index (χ3n) is 5.55. The number of nitrogens with one attached hydrogen (secondary N) is 2. The Labute approximate surface area is 210 Å². The predicted octanol–water partition coefficient (Wildman–Crippen LogP) is 3.91. The number of hydrogen-bond donors (Lipinski definition) is 2. The summed E-state index contributed by atoms with van der Waals surface area (Å²) < 4.78 is 7.65. The number of nitrogens with zero attached hydrogens (tertiary/aromatic N) is 3. The standard InChI is InChI=1S/C26H33N5O3S/c1-5-20-12-14-22(15-13-20)34-19(4)25(33)27-16-23-29-30-26(31(23)6-2)35-17-24(32)28-18(3)21-10-8-7-9-11-21/h7-15,18-19H,5-6,16-17H2,1-4H3,(H,27,33)(H,28,32)/t18-,19-/m0/s1. The third-order valence-corrected chi connectivity index (χ3v) is 6.52. The molecule has 0 aliphatic heterocycles. The van der Waals surface area contributed by atoms with Gasteiger partial charge in [0.25, 0.3) is 5.91 Å². The Balaban J connectivity index is 1.49. The maximum absolute atomic E-state index is 12.5. The number of thioether (sulfide) groups is 1. The van der Waals surface area contributed by atoms with Gasteiger partial charge < -0.3 is 19.9 Å². The fraction of sp³-hybridized carbons (Fsp3) is 0.385. The lowest BCUT2D eigenvalue weighted by molar-refractivity contribution is -0.127. The molecule has 2 aromatic carbocycles. The van der Waals surface area contributed by atoms with Crippen LogP contribution in [0.2, 0.25) is 0 Å². The number of ether oxygens (including phenoxy) is 1. The minimum atomic E-state index is -0.649. The summed E-state index contributed by atoms with van der Waals surface area (Å²) in [5.41, 5.74) is 2.27. The van der Waals surface area contributed by atoms with Gasteiger partial charge in [0.1, 0.15) is 5.75 Å². The van der Waals surface area contributed by atoms with Gasteiger partial charge in [-0.3, -0.25) is 9.59 Å². The maximum atomic E-state index is 12.5. The molecule has 0 aliphatic carbocycles. The summed E-state index contributed by atoms with van der Waals surface area (Å²) in [6.07, 6.45) is 0.302. The number of carbonyl (C=O) groups is 2. The first kappa shape index (κ1) is 26.3. The zero-order chi connectivity index (χ0) is 25.2. The first-order valence-corrected chi connectivity index (χ1v) is 12.8. The van der Waals surface area contributed by atoms with Crippen LogP contribution in [-0.4, -0.2) is 38.4 Å². The topological polar surface area (TPSA) is 98.1 Å². The molecular weight excluding hydrogens is 462 g/mol. The molecule has 0 fully saturated rings. The molecule has 0 bridgehead atoms. The molecule has 3 aromatic rings. The highest BCUT2D eigenvalue weighted by Crippen LogP contribution is 2.18. The summed E-state index contributed by atoms with van der Waals surface area (Å²) in [6.45, 7) is 8.58. The minimum absolute atomic E-state index is 0.0760. The minimum Gasteiger partial charge on any atom is -0.481 e. The highest BCUT2D eigenvalue weighted by molar-refractivity contribution is 7.99. The number of hydrogen-bond acceptors (Lipinski definition) is 6. The van der Waals surface area contributed by atoms with E-state index in [9.17, 15) is 9.59 Å². The summed E-state index contributed by atoms with van der Waals surface area (Å²) in [4.78, 5) is 25.0. The van der Waals surface area contributed by atoms with Crippen molar-refractivity contribution in [2.24, 2.45) is 0 Å². The van der Waals surface area contributed by atoms with Gasteiger partial charge in [-0.05, 0) is 50.5 Å². The number of amides is 2. The van der Waals surface area contributed by atoms with E-state index in [1.807, 2.05) is 73.0 Å². The van der Waals surface area contributed by atoms with E-state index in [1.54, 1.807) is 6.92 Å². The average molecular weight is 496 g/mol. The molecule has 1 aromatic heterocycles. The number of carbonyl (C=O) groups excluding carboxylic acids is 2. The van der Waals surface area contributed by atoms with Gasteiger partial charge >= 0.3 is 0 Å². The molecule has 0 spiro atoms. The number of aromatic nitrogens is 3. The fourth-order valence-electron chi connectivity index (χ4n) is 3.48. The zero-order valence-electron chi connectivity index (χ0n) is 20.7. The molecule has 35 heavy (non-hydrogen) atoms. The Hall–Kier alpha value is -3.33. The molecule has 0 unspecified atom stereocenters. The van der Waals surface area contributed by atoms with Crippen molar-refractivity contribution in [1.82, 2.24) is 25.4 Å². The van der Waals surface area contributed by atoms with Crippen molar-refractivity contribution in [2.75, 3.05) is 5.75 Å². The monoisotopic (exact) mass is 495 g/mol. The van der Waals surface area contributed by atoms with Gasteiger partial charge in [-0.1, -0.05) is 61.2 Å². The predicted molar refractivity (Wildman–Crippen MR) is 137 cm³/mol. The molecule has 0 aliphatic rings. The van der Waals surface area contributed by atoms with E-state index in [0.29, 0.717) is 23.3 Å². The van der Waals surface area contributed by atoms with E-state index in [1.165, 1.54) is 17.3 Å². The molecule has 2 atom stereocenters. The van der Waals surface area contributed by atoms with Gasteiger partial charge in [-0.15, -0.1) is 10.2 Å². The summed E-state index contributed by atoms with van der Waals surface area (Å²) >= 11 is 1.32. The summed E-state index contributed by atoms with van der Waals surface area (Å²) in [5, 5.41) is 14.9. The Morgan fingerprint density at radius 3 is 2.40 bits per heavy atom. The van der Waals surface area contributed by atoms with Gasteiger partial charge in [-0.2, -0.15) is 0 Å². The van der Waals surface area contributed by atoms with E-state index in [4.69, 9.17) is 4.74 Å². The SMILES string of the molecule is CCc1ccc(O[C@@H](C)C(=O)NCc2nnc(SCC(=O)N[C@@H](C)c3ccccc3)n2CC)cc1. The van der Waals surface area contributed by atoms with E-state index >= 15 is 0 Å². The molecule has 3 rings (SSSR count). The van der Waals surface area contributed by atoms with Gasteiger partial charge in [0.05, 0.1) is 18.3 Å². The molecule has 0 radical (unpaired) electrons. The summed E-state index contributed by atoms with van der Waals surface area (Å²) in [7, 11) is 0. The quantitative estimate of drug-likeness (QED) is 0.370. The molecule has 9 heteroatoms. The van der Waals surface area contributed by atoms with E-state index < -0.39 is 6.10 Å². The second kappa shape index (κ2) is 12.9. The van der Waals surface area contributed by atoms with Crippen LogP contribution in [0.3, 0.4) is 0 Å². The van der Waals surface area contributed by atoms with Crippen molar-refractivity contribution in [2.45, 2.75) is 64.5 Å². The van der Waals surface area contributed by atoms with Crippen LogP contribution in [0.15, 0.2) is 59.8 Å². The summed E-state index contributed by atoms with van der Waals surface area (Å²) in [5.74, 6) is 1.19. The Kier molecular flexibility index (Phi) is 9.72. The van der Waals surface area contributed by atoms with Gasteiger partial charge in [0.15, 0.2) is 17.1 Å². The Bertz CT molecular complexity index is 1100. The highest BCUT2D eigenvalue weighted by atomic mass is 32.2. The van der Waals surface area contributed by atoms with Crippen molar-refractivity contribution in [1.29, 1.82) is 0 Å². The normalized spacial score (nSPS) is 12.6. The van der Waals surface area contributed by atoms with Crippen molar-refractivity contribution in [3.05, 3.63) is 71.5 Å². The van der Waals surface area contributed by atoms with Crippen LogP contribution in [-0.2, 0) is 29.1 Å². The summed E-state index contributed by atoms with van der Waals surface area (Å²) in [6, 6.07) is 17.5. The molecule has 2 amide bonds. The number of aryl methyl sites for hydroxylation is 1. The first-order valence-electron chi connectivity index (χ1n) is 11.8. The van der Waals surface area contributed by atoms with E-state index in [0.717, 1.165) is 12.0 Å². The lowest BCUT2D eigenvalue weighted by Gasteiger charge is -2.15. The Morgan fingerprint density at radius 2 is 1.74 bits per heavy atom. The van der Waals surface area contributed by atoms with Crippen LogP contribution in [0.25, 0.3) is 0 Å². The van der Waals surface area contributed by atoms with E-state index in [-0.39, 0.29) is 30.2 Å². The van der Waals surface area contributed by atoms with Gasteiger partial charge in [0.2, 0.25) is 5.91 Å². The van der Waals surface area contributed by atoms with Crippen molar-refractivity contribution in [3.63, 3.8) is 0 Å². The molecule has 8 nitrogen and oxygen atoms in total. The third kappa shape index (κ3) is 7.58. The lowest BCUT2D eigenvalue weighted by Crippen LogP contribution is -2.36. The molecular formula is C26H33N5O3S. The van der Waals surface area contributed by atoms with Crippen LogP contribution in [0, 0.1) is 0 Å². The van der Waals surface area contributed by atoms with Crippen molar-refractivity contribution < 1.29 is 14.3 Å². The van der Waals surface area contributed by atoms with Crippen LogP contribution in [0.5, 0.6) is 5.75 Å². The molecule has 0 saturated carbocycles. The van der Waals surface area contributed by atoms with Crippen LogP contribution >= 0.6 is 11.8 Å². The second-order valence-electron chi connectivity index (χ2n) is 8.11. The average Bonchev–Trinajstić information content (AvgIpc) is 3.28.